The van der Waals surface area contributed by atoms with Gasteiger partial charge in [-0.1, -0.05) is 6.42 Å². The minimum Gasteiger partial charge on any atom is -0.475 e. The van der Waals surface area contributed by atoms with Crippen molar-refractivity contribution >= 4 is 5.97 Å². The van der Waals surface area contributed by atoms with Crippen LogP contribution in [0.4, 0.5) is 0 Å². The van der Waals surface area contributed by atoms with Crippen molar-refractivity contribution in [3.8, 4) is 0 Å². The minimum absolute atomic E-state index is 0.0138. The van der Waals surface area contributed by atoms with E-state index in [1.54, 1.807) is 13.0 Å². The average Bonchev–Trinajstić information content (AvgIpc) is 2.58. The molecule has 0 bridgehead atoms. The summed E-state index contributed by atoms with van der Waals surface area (Å²) in [6.07, 6.45) is 3.54. The molecule has 1 aromatic rings. The molecule has 100 valence electrons. The van der Waals surface area contributed by atoms with E-state index in [-0.39, 0.29) is 12.4 Å². The third-order valence-electron chi connectivity index (χ3n) is 3.58. The highest BCUT2D eigenvalue weighted by molar-refractivity contribution is 5.84. The van der Waals surface area contributed by atoms with Crippen LogP contribution in [0.15, 0.2) is 10.5 Å². The first-order valence-electron chi connectivity index (χ1n) is 6.29. The molecule has 0 radical (unpaired) electrons. The minimum atomic E-state index is -1.04. The maximum Gasteiger partial charge on any atom is 0.371 e. The summed E-state index contributed by atoms with van der Waals surface area (Å²) in [5.74, 6) is -0.406. The summed E-state index contributed by atoms with van der Waals surface area (Å²) < 4.78 is 5.20. The fourth-order valence-corrected chi connectivity index (χ4v) is 2.27. The molecule has 0 amide bonds. The number of carboxylic acids is 1. The normalized spacial score (nSPS) is 15.9. The molecule has 1 aromatic heterocycles. The molecule has 0 unspecified atom stereocenters. The average molecular weight is 253 g/mol. The van der Waals surface area contributed by atoms with E-state index in [0.717, 1.165) is 18.4 Å². The zero-order valence-electron chi connectivity index (χ0n) is 10.6. The number of aliphatic hydroxyl groups excluding tert-OH is 1. The molecule has 0 spiro atoms. The van der Waals surface area contributed by atoms with Crippen LogP contribution in [-0.2, 0) is 6.54 Å². The number of carbonyl (C=O) groups is 1. The summed E-state index contributed by atoms with van der Waals surface area (Å²) in [7, 11) is 0. The van der Waals surface area contributed by atoms with Crippen molar-refractivity contribution in [3.63, 3.8) is 0 Å². The lowest BCUT2D eigenvalue weighted by Crippen LogP contribution is -2.41. The lowest BCUT2D eigenvalue weighted by molar-refractivity contribution is 0.0661. The van der Waals surface area contributed by atoms with Gasteiger partial charge in [0.05, 0.1) is 6.61 Å². The number of rotatable bonds is 6. The topological polar surface area (TPSA) is 73.9 Å². The van der Waals surface area contributed by atoms with Gasteiger partial charge in [0.25, 0.3) is 0 Å². The first-order chi connectivity index (χ1) is 8.61. The van der Waals surface area contributed by atoms with Gasteiger partial charge in [-0.3, -0.25) is 4.90 Å². The van der Waals surface area contributed by atoms with Crippen molar-refractivity contribution in [2.24, 2.45) is 0 Å². The zero-order chi connectivity index (χ0) is 13.1. The summed E-state index contributed by atoms with van der Waals surface area (Å²) >= 11 is 0. The van der Waals surface area contributed by atoms with Crippen LogP contribution in [0.25, 0.3) is 0 Å². The molecule has 5 heteroatoms. The van der Waals surface area contributed by atoms with Crippen LogP contribution in [0, 0.1) is 6.92 Å². The Morgan fingerprint density at radius 1 is 1.56 bits per heavy atom. The smallest absolute Gasteiger partial charge is 0.371 e. The van der Waals surface area contributed by atoms with Crippen LogP contribution in [0.1, 0.15) is 41.1 Å². The first kappa shape index (κ1) is 13.1. The van der Waals surface area contributed by atoms with Crippen molar-refractivity contribution < 1.29 is 19.4 Å². The van der Waals surface area contributed by atoms with Gasteiger partial charge in [-0.2, -0.15) is 0 Å². The second-order valence-electron chi connectivity index (χ2n) is 4.78. The number of carboxylic acid groups (broad SMARTS) is 1. The molecule has 0 atom stereocenters. The Labute approximate surface area is 106 Å². The molecular formula is C13H19NO4. The summed E-state index contributed by atoms with van der Waals surface area (Å²) in [6, 6.07) is 2.10. The SMILES string of the molecule is Cc1oc(C(=O)O)cc1CN(CCO)C1CCC1. The van der Waals surface area contributed by atoms with Crippen molar-refractivity contribution in [1.29, 1.82) is 0 Å². The third-order valence-corrected chi connectivity index (χ3v) is 3.58. The molecular weight excluding hydrogens is 234 g/mol. The van der Waals surface area contributed by atoms with E-state index in [9.17, 15) is 4.79 Å². The Morgan fingerprint density at radius 2 is 2.28 bits per heavy atom. The monoisotopic (exact) mass is 253 g/mol. The highest BCUT2D eigenvalue weighted by atomic mass is 16.4. The van der Waals surface area contributed by atoms with Crippen LogP contribution >= 0.6 is 0 Å². The van der Waals surface area contributed by atoms with E-state index in [1.807, 2.05) is 0 Å². The number of aryl methyl sites for hydroxylation is 1. The summed E-state index contributed by atoms with van der Waals surface area (Å²) in [5, 5.41) is 18.0. The Bertz CT molecular complexity index is 423. The molecule has 1 aliphatic carbocycles. The predicted molar refractivity (Wildman–Crippen MR) is 65.5 cm³/mol. The summed E-state index contributed by atoms with van der Waals surface area (Å²) in [4.78, 5) is 13.0. The van der Waals surface area contributed by atoms with Crippen LogP contribution in [0.3, 0.4) is 0 Å². The van der Waals surface area contributed by atoms with Crippen molar-refractivity contribution in [3.05, 3.63) is 23.2 Å². The fraction of sp³-hybridized carbons (Fsp3) is 0.615. The van der Waals surface area contributed by atoms with Crippen molar-refractivity contribution in [2.75, 3.05) is 13.2 Å². The molecule has 0 aromatic carbocycles. The number of hydrogen-bond donors (Lipinski definition) is 2. The first-order valence-corrected chi connectivity index (χ1v) is 6.29. The summed E-state index contributed by atoms with van der Waals surface area (Å²) in [6.45, 7) is 3.17. The van der Waals surface area contributed by atoms with Crippen molar-refractivity contribution in [1.82, 2.24) is 4.90 Å². The lowest BCUT2D eigenvalue weighted by Gasteiger charge is -2.37. The standard InChI is InChI=1S/C13H19NO4/c1-9-10(7-12(18-9)13(16)17)8-14(5-6-15)11-3-2-4-11/h7,11,15H,2-6,8H2,1H3,(H,16,17). The van der Waals surface area contributed by atoms with E-state index in [4.69, 9.17) is 14.6 Å². The molecule has 0 aliphatic heterocycles. The fourth-order valence-electron chi connectivity index (χ4n) is 2.27. The van der Waals surface area contributed by atoms with Gasteiger partial charge < -0.3 is 14.6 Å². The van der Waals surface area contributed by atoms with Gasteiger partial charge in [0.2, 0.25) is 5.76 Å². The van der Waals surface area contributed by atoms with E-state index >= 15 is 0 Å². The van der Waals surface area contributed by atoms with Gasteiger partial charge in [0, 0.05) is 24.7 Å². The van der Waals surface area contributed by atoms with Gasteiger partial charge in [-0.15, -0.1) is 0 Å². The summed E-state index contributed by atoms with van der Waals surface area (Å²) in [5.41, 5.74) is 0.896. The molecule has 1 fully saturated rings. The maximum atomic E-state index is 10.8. The molecule has 0 saturated heterocycles. The van der Waals surface area contributed by atoms with Gasteiger partial charge >= 0.3 is 5.97 Å². The van der Waals surface area contributed by atoms with Crippen LogP contribution < -0.4 is 0 Å². The van der Waals surface area contributed by atoms with Gasteiger partial charge in [0.15, 0.2) is 0 Å². The second kappa shape index (κ2) is 5.54. The molecule has 1 aliphatic rings. The number of aromatic carboxylic acids is 1. The molecule has 5 nitrogen and oxygen atoms in total. The van der Waals surface area contributed by atoms with Gasteiger partial charge in [-0.25, -0.2) is 4.79 Å². The lowest BCUT2D eigenvalue weighted by atomic mass is 9.91. The van der Waals surface area contributed by atoms with Gasteiger partial charge in [0.1, 0.15) is 5.76 Å². The van der Waals surface area contributed by atoms with E-state index in [1.165, 1.54) is 6.42 Å². The maximum absolute atomic E-state index is 10.8. The van der Waals surface area contributed by atoms with Crippen LogP contribution in [-0.4, -0.2) is 40.3 Å². The molecule has 1 saturated carbocycles. The zero-order valence-corrected chi connectivity index (χ0v) is 10.6. The number of nitrogens with zero attached hydrogens (tertiary/aromatic N) is 1. The Balaban J connectivity index is 2.07. The Kier molecular flexibility index (Phi) is 4.04. The van der Waals surface area contributed by atoms with E-state index in [2.05, 4.69) is 4.90 Å². The molecule has 1 heterocycles. The van der Waals surface area contributed by atoms with E-state index < -0.39 is 5.97 Å². The largest absolute Gasteiger partial charge is 0.475 e. The molecule has 2 N–H and O–H groups in total. The number of furan rings is 1. The number of aliphatic hydroxyl groups is 1. The quantitative estimate of drug-likeness (QED) is 0.806. The molecule has 18 heavy (non-hydrogen) atoms. The third kappa shape index (κ3) is 2.73. The number of hydrogen-bond acceptors (Lipinski definition) is 4. The van der Waals surface area contributed by atoms with Crippen LogP contribution in [0.2, 0.25) is 0 Å². The molecule has 2 rings (SSSR count). The van der Waals surface area contributed by atoms with E-state index in [0.29, 0.717) is 24.9 Å². The van der Waals surface area contributed by atoms with Crippen LogP contribution in [0.5, 0.6) is 0 Å². The highest BCUT2D eigenvalue weighted by Gasteiger charge is 2.26. The highest BCUT2D eigenvalue weighted by Crippen LogP contribution is 2.27. The second-order valence-corrected chi connectivity index (χ2v) is 4.78. The Morgan fingerprint density at radius 3 is 2.72 bits per heavy atom. The van der Waals surface area contributed by atoms with Gasteiger partial charge in [-0.05, 0) is 25.8 Å². The Hall–Kier alpha value is -1.33. The predicted octanol–water partition coefficient (Wildman–Crippen LogP) is 1.63. The van der Waals surface area contributed by atoms with Crippen molar-refractivity contribution in [2.45, 2.75) is 38.8 Å².